The van der Waals surface area contributed by atoms with E-state index < -0.39 is 0 Å². The van der Waals surface area contributed by atoms with Gasteiger partial charge in [0.15, 0.2) is 0 Å². The van der Waals surface area contributed by atoms with E-state index in [1.807, 2.05) is 31.6 Å². The van der Waals surface area contributed by atoms with Gasteiger partial charge in [-0.1, -0.05) is 23.7 Å². The van der Waals surface area contributed by atoms with Gasteiger partial charge in [-0.05, 0) is 60.3 Å². The van der Waals surface area contributed by atoms with E-state index in [2.05, 4.69) is 21.7 Å². The SMILES string of the molecule is CN(C)C(CNC(=O)/C=C/c1ccc(Cl)cc1)c1ccsc1. The van der Waals surface area contributed by atoms with Gasteiger partial charge in [-0.25, -0.2) is 0 Å². The van der Waals surface area contributed by atoms with E-state index in [0.717, 1.165) is 5.56 Å². The summed E-state index contributed by atoms with van der Waals surface area (Å²) in [4.78, 5) is 14.0. The number of hydrogen-bond donors (Lipinski definition) is 1. The molecule has 0 aliphatic rings. The summed E-state index contributed by atoms with van der Waals surface area (Å²) in [5, 5.41) is 7.79. The zero-order valence-electron chi connectivity index (χ0n) is 12.6. The van der Waals surface area contributed by atoms with Gasteiger partial charge in [-0.3, -0.25) is 4.79 Å². The number of benzene rings is 1. The zero-order valence-corrected chi connectivity index (χ0v) is 14.2. The Morgan fingerprint density at radius 3 is 2.64 bits per heavy atom. The minimum Gasteiger partial charge on any atom is -0.351 e. The lowest BCUT2D eigenvalue weighted by Crippen LogP contribution is -2.33. The van der Waals surface area contributed by atoms with Gasteiger partial charge in [-0.15, -0.1) is 0 Å². The molecule has 0 fully saturated rings. The molecule has 5 heteroatoms. The topological polar surface area (TPSA) is 32.3 Å². The number of likely N-dealkylation sites (N-methyl/N-ethyl adjacent to an activating group) is 1. The van der Waals surface area contributed by atoms with Crippen molar-refractivity contribution in [2.75, 3.05) is 20.6 Å². The van der Waals surface area contributed by atoms with Crippen LogP contribution in [0, 0.1) is 0 Å². The molecule has 1 atom stereocenters. The van der Waals surface area contributed by atoms with Crippen molar-refractivity contribution in [3.8, 4) is 0 Å². The average molecular weight is 335 g/mol. The number of carbonyl (C=O) groups excluding carboxylic acids is 1. The molecule has 0 bridgehead atoms. The molecule has 0 saturated heterocycles. The Labute approximate surface area is 140 Å². The summed E-state index contributed by atoms with van der Waals surface area (Å²) in [5.41, 5.74) is 2.17. The molecule has 1 aromatic heterocycles. The highest BCUT2D eigenvalue weighted by Crippen LogP contribution is 2.19. The second-order valence-electron chi connectivity index (χ2n) is 5.17. The lowest BCUT2D eigenvalue weighted by molar-refractivity contribution is -0.116. The first-order chi connectivity index (χ1) is 10.6. The molecule has 1 heterocycles. The number of amides is 1. The van der Waals surface area contributed by atoms with Crippen LogP contribution in [-0.4, -0.2) is 31.4 Å². The highest BCUT2D eigenvalue weighted by atomic mass is 35.5. The Kier molecular flexibility index (Phi) is 6.19. The Bertz CT molecular complexity index is 621. The summed E-state index contributed by atoms with van der Waals surface area (Å²) in [5.74, 6) is -0.1000. The minimum absolute atomic E-state index is 0.1000. The van der Waals surface area contributed by atoms with E-state index >= 15 is 0 Å². The summed E-state index contributed by atoms with van der Waals surface area (Å²) in [6, 6.07) is 9.62. The summed E-state index contributed by atoms with van der Waals surface area (Å²) in [7, 11) is 4.02. The normalized spacial score (nSPS) is 12.7. The first kappa shape index (κ1) is 16.7. The first-order valence-corrected chi connectivity index (χ1v) is 8.28. The zero-order chi connectivity index (χ0) is 15.9. The molecule has 1 aromatic carbocycles. The van der Waals surface area contributed by atoms with Crippen molar-refractivity contribution >= 4 is 34.9 Å². The molecule has 0 spiro atoms. The van der Waals surface area contributed by atoms with Crippen LogP contribution in [0.15, 0.2) is 47.2 Å². The van der Waals surface area contributed by atoms with Gasteiger partial charge < -0.3 is 10.2 Å². The third kappa shape index (κ3) is 4.98. The van der Waals surface area contributed by atoms with E-state index in [-0.39, 0.29) is 11.9 Å². The number of halogens is 1. The number of nitrogens with zero attached hydrogens (tertiary/aromatic N) is 1. The molecule has 0 saturated carbocycles. The van der Waals surface area contributed by atoms with Crippen molar-refractivity contribution in [2.24, 2.45) is 0 Å². The molecule has 1 amide bonds. The molecule has 0 aliphatic carbocycles. The van der Waals surface area contributed by atoms with Crippen LogP contribution < -0.4 is 5.32 Å². The maximum Gasteiger partial charge on any atom is 0.244 e. The molecule has 2 rings (SSSR count). The Balaban J connectivity index is 1.90. The fourth-order valence-corrected chi connectivity index (χ4v) is 2.90. The predicted molar refractivity (Wildman–Crippen MR) is 94.2 cm³/mol. The lowest BCUT2D eigenvalue weighted by Gasteiger charge is -2.23. The highest BCUT2D eigenvalue weighted by molar-refractivity contribution is 7.07. The van der Waals surface area contributed by atoms with Crippen molar-refractivity contribution in [1.29, 1.82) is 0 Å². The molecular formula is C17H19ClN2OS. The van der Waals surface area contributed by atoms with Crippen LogP contribution in [0.3, 0.4) is 0 Å². The van der Waals surface area contributed by atoms with E-state index in [9.17, 15) is 4.79 Å². The molecule has 22 heavy (non-hydrogen) atoms. The Morgan fingerprint density at radius 2 is 2.05 bits per heavy atom. The van der Waals surface area contributed by atoms with E-state index in [1.165, 1.54) is 5.56 Å². The molecular weight excluding hydrogens is 316 g/mol. The fraction of sp³-hybridized carbons (Fsp3) is 0.235. The molecule has 1 N–H and O–H groups in total. The van der Waals surface area contributed by atoms with Crippen molar-refractivity contribution in [1.82, 2.24) is 10.2 Å². The molecule has 3 nitrogen and oxygen atoms in total. The van der Waals surface area contributed by atoms with E-state index in [1.54, 1.807) is 35.6 Å². The van der Waals surface area contributed by atoms with Gasteiger partial charge >= 0.3 is 0 Å². The van der Waals surface area contributed by atoms with Gasteiger partial charge in [0.1, 0.15) is 0 Å². The monoisotopic (exact) mass is 334 g/mol. The lowest BCUT2D eigenvalue weighted by atomic mass is 10.1. The predicted octanol–water partition coefficient (Wildman–Crippen LogP) is 3.83. The highest BCUT2D eigenvalue weighted by Gasteiger charge is 2.14. The van der Waals surface area contributed by atoms with Crippen molar-refractivity contribution in [2.45, 2.75) is 6.04 Å². The Morgan fingerprint density at radius 1 is 1.32 bits per heavy atom. The number of hydrogen-bond acceptors (Lipinski definition) is 3. The van der Waals surface area contributed by atoms with E-state index in [0.29, 0.717) is 11.6 Å². The summed E-state index contributed by atoms with van der Waals surface area (Å²) in [6.45, 7) is 0.577. The summed E-state index contributed by atoms with van der Waals surface area (Å²) >= 11 is 7.49. The largest absolute Gasteiger partial charge is 0.351 e. The summed E-state index contributed by atoms with van der Waals surface area (Å²) < 4.78 is 0. The van der Waals surface area contributed by atoms with Gasteiger partial charge in [0.2, 0.25) is 5.91 Å². The first-order valence-electron chi connectivity index (χ1n) is 6.96. The van der Waals surface area contributed by atoms with Gasteiger partial charge in [-0.2, -0.15) is 11.3 Å². The van der Waals surface area contributed by atoms with Crippen LogP contribution in [-0.2, 0) is 4.79 Å². The molecule has 116 valence electrons. The Hall–Kier alpha value is -1.62. The van der Waals surface area contributed by atoms with Gasteiger partial charge in [0.25, 0.3) is 0 Å². The number of thiophene rings is 1. The molecule has 0 radical (unpaired) electrons. The smallest absolute Gasteiger partial charge is 0.244 e. The molecule has 1 unspecified atom stereocenters. The number of carbonyl (C=O) groups is 1. The van der Waals surface area contributed by atoms with Crippen molar-refractivity contribution in [3.63, 3.8) is 0 Å². The van der Waals surface area contributed by atoms with Crippen LogP contribution in [0.5, 0.6) is 0 Å². The van der Waals surface area contributed by atoms with Crippen LogP contribution >= 0.6 is 22.9 Å². The molecule has 2 aromatic rings. The maximum absolute atomic E-state index is 11.9. The van der Waals surface area contributed by atoms with Crippen molar-refractivity contribution < 1.29 is 4.79 Å². The van der Waals surface area contributed by atoms with Gasteiger partial charge in [0, 0.05) is 17.6 Å². The second-order valence-corrected chi connectivity index (χ2v) is 6.38. The van der Waals surface area contributed by atoms with Crippen molar-refractivity contribution in [3.05, 3.63) is 63.3 Å². The van der Waals surface area contributed by atoms with Crippen LogP contribution in [0.25, 0.3) is 6.08 Å². The quantitative estimate of drug-likeness (QED) is 0.814. The number of nitrogens with one attached hydrogen (secondary N) is 1. The molecule has 0 aliphatic heterocycles. The van der Waals surface area contributed by atoms with Gasteiger partial charge in [0.05, 0.1) is 6.04 Å². The minimum atomic E-state index is -0.1000. The van der Waals surface area contributed by atoms with Crippen LogP contribution in [0.1, 0.15) is 17.2 Å². The average Bonchev–Trinajstić information content (AvgIpc) is 3.00. The second kappa shape index (κ2) is 8.13. The fourth-order valence-electron chi connectivity index (χ4n) is 2.07. The maximum atomic E-state index is 11.9. The third-order valence-corrected chi connectivity index (χ3v) is 4.27. The standard InChI is InChI=1S/C17H19ClN2OS/c1-20(2)16(14-9-10-22-12-14)11-19-17(21)8-5-13-3-6-15(18)7-4-13/h3-10,12,16H,11H2,1-2H3,(H,19,21)/b8-5+. The number of rotatable bonds is 6. The van der Waals surface area contributed by atoms with E-state index in [4.69, 9.17) is 11.6 Å². The van der Waals surface area contributed by atoms with Crippen LogP contribution in [0.4, 0.5) is 0 Å². The summed E-state index contributed by atoms with van der Waals surface area (Å²) in [6.07, 6.45) is 3.32. The van der Waals surface area contributed by atoms with Crippen LogP contribution in [0.2, 0.25) is 5.02 Å². The third-order valence-electron chi connectivity index (χ3n) is 3.32.